The molecule has 0 radical (unpaired) electrons. The summed E-state index contributed by atoms with van der Waals surface area (Å²) in [5.41, 5.74) is 11.5. The third-order valence-electron chi connectivity index (χ3n) is 4.18. The lowest BCUT2D eigenvalue weighted by Crippen LogP contribution is -1.97. The molecular formula is C19H43N5. The fourth-order valence-electron chi connectivity index (χ4n) is 2.73. The van der Waals surface area contributed by atoms with Gasteiger partial charge in [-0.25, -0.2) is 5.53 Å². The molecule has 0 amide bonds. The minimum Gasteiger partial charge on any atom is -0.330 e. The van der Waals surface area contributed by atoms with Crippen LogP contribution in [0.3, 0.4) is 0 Å². The number of unbranched alkanes of at least 4 members (excludes halogenated alkanes) is 15. The summed E-state index contributed by atoms with van der Waals surface area (Å²) in [5, 5.41) is 5.56. The highest BCUT2D eigenvalue weighted by atomic mass is 15.2. The molecule has 0 fully saturated rings. The molecular weight excluding hydrogens is 298 g/mol. The molecule has 0 aromatic rings. The quantitative estimate of drug-likeness (QED) is 0.0740. The molecule has 0 spiro atoms. The summed E-state index contributed by atoms with van der Waals surface area (Å²) in [5.74, 6) is 4.49. The van der Waals surface area contributed by atoms with Crippen molar-refractivity contribution in [2.24, 2.45) is 21.8 Å². The van der Waals surface area contributed by atoms with E-state index >= 15 is 0 Å². The highest BCUT2D eigenvalue weighted by Crippen LogP contribution is 2.13. The fraction of sp³-hybridized carbons (Fsp3) is 0.947. The molecule has 0 aliphatic carbocycles. The zero-order valence-electron chi connectivity index (χ0n) is 16.1. The van der Waals surface area contributed by atoms with Gasteiger partial charge in [0, 0.05) is 0 Å². The van der Waals surface area contributed by atoms with E-state index in [4.69, 9.17) is 11.3 Å². The molecule has 0 aromatic carbocycles. The van der Waals surface area contributed by atoms with Crippen LogP contribution in [-0.4, -0.2) is 12.9 Å². The summed E-state index contributed by atoms with van der Waals surface area (Å²) in [6.07, 6.45) is 23.8. The molecule has 0 saturated heterocycles. The molecule has 5 nitrogen and oxygen atoms in total. The second-order valence-corrected chi connectivity index (χ2v) is 6.49. The predicted octanol–water partition coefficient (Wildman–Crippen LogP) is 6.13. The van der Waals surface area contributed by atoms with E-state index in [0.29, 0.717) is 0 Å². The van der Waals surface area contributed by atoms with E-state index in [9.17, 15) is 0 Å². The van der Waals surface area contributed by atoms with Gasteiger partial charge in [0.15, 0.2) is 6.34 Å². The van der Waals surface area contributed by atoms with E-state index in [1.54, 1.807) is 0 Å². The van der Waals surface area contributed by atoms with Crippen molar-refractivity contribution in [3.8, 4) is 0 Å². The number of hydrazone groups is 1. The Morgan fingerprint density at radius 2 is 1.00 bits per heavy atom. The van der Waals surface area contributed by atoms with Gasteiger partial charge >= 0.3 is 0 Å². The van der Waals surface area contributed by atoms with Crippen LogP contribution in [0, 0.1) is 5.53 Å². The normalized spacial score (nSPS) is 10.6. The lowest BCUT2D eigenvalue weighted by atomic mass is 10.0. The first-order chi connectivity index (χ1) is 11.8. The van der Waals surface area contributed by atoms with Gasteiger partial charge < -0.3 is 11.6 Å². The zero-order chi connectivity index (χ0) is 18.1. The van der Waals surface area contributed by atoms with Crippen LogP contribution in [0.5, 0.6) is 0 Å². The Morgan fingerprint density at radius 3 is 1.21 bits per heavy atom. The predicted molar refractivity (Wildman–Crippen MR) is 106 cm³/mol. The van der Waals surface area contributed by atoms with Gasteiger partial charge in [0.05, 0.1) is 0 Å². The Bertz CT molecular complexity index is 228. The Kier molecular flexibility index (Phi) is 28.3. The van der Waals surface area contributed by atoms with E-state index in [1.165, 1.54) is 103 Å². The summed E-state index contributed by atoms with van der Waals surface area (Å²) >= 11 is 0. The second-order valence-electron chi connectivity index (χ2n) is 6.49. The number of nitrogens with one attached hydrogen (secondary N) is 1. The van der Waals surface area contributed by atoms with Gasteiger partial charge in [0.25, 0.3) is 0 Å². The van der Waals surface area contributed by atoms with Gasteiger partial charge in [-0.2, -0.15) is 5.10 Å². The molecule has 0 rings (SSSR count). The van der Waals surface area contributed by atoms with Crippen molar-refractivity contribution in [3.63, 3.8) is 0 Å². The van der Waals surface area contributed by atoms with Crippen LogP contribution in [0.2, 0.25) is 0 Å². The maximum Gasteiger partial charge on any atom is 0.156 e. The molecule has 0 bridgehead atoms. The van der Waals surface area contributed by atoms with Gasteiger partial charge in [0.2, 0.25) is 0 Å². The third kappa shape index (κ3) is 29.1. The molecule has 0 saturated carbocycles. The number of hydrogen-bond acceptors (Lipinski definition) is 4. The fourth-order valence-corrected chi connectivity index (χ4v) is 2.73. The summed E-state index contributed by atoms with van der Waals surface area (Å²) in [6, 6.07) is 0. The smallest absolute Gasteiger partial charge is 0.156 e. The maximum absolute atomic E-state index is 6.00. The highest BCUT2D eigenvalue weighted by molar-refractivity contribution is 5.52. The Labute approximate surface area is 150 Å². The molecule has 0 aliphatic rings. The molecule has 0 aliphatic heterocycles. The Morgan fingerprint density at radius 1 is 0.667 bits per heavy atom. The van der Waals surface area contributed by atoms with Crippen molar-refractivity contribution in [1.29, 1.82) is 5.53 Å². The minimum absolute atomic E-state index is 0.873. The first kappa shape index (κ1) is 25.3. The third-order valence-corrected chi connectivity index (χ3v) is 4.18. The van der Waals surface area contributed by atoms with Crippen molar-refractivity contribution in [1.82, 2.24) is 0 Å². The molecule has 0 aromatic heterocycles. The van der Waals surface area contributed by atoms with E-state index in [1.807, 2.05) is 0 Å². The molecule has 0 atom stereocenters. The van der Waals surface area contributed by atoms with Crippen molar-refractivity contribution >= 4 is 6.34 Å². The summed E-state index contributed by atoms with van der Waals surface area (Å²) in [4.78, 5) is 0. The SMILES string of the molecule is CCCCCCCCCCCCCCCCCCN.N=NC=NN. The highest BCUT2D eigenvalue weighted by Gasteiger charge is 1.94. The lowest BCUT2D eigenvalue weighted by Gasteiger charge is -2.03. The molecule has 24 heavy (non-hydrogen) atoms. The van der Waals surface area contributed by atoms with Crippen LogP contribution in [0.4, 0.5) is 0 Å². The van der Waals surface area contributed by atoms with E-state index in [-0.39, 0.29) is 0 Å². The van der Waals surface area contributed by atoms with Crippen LogP contribution >= 0.6 is 0 Å². The van der Waals surface area contributed by atoms with E-state index < -0.39 is 0 Å². The molecule has 5 heteroatoms. The number of nitrogens with two attached hydrogens (primary N) is 2. The monoisotopic (exact) mass is 341 g/mol. The van der Waals surface area contributed by atoms with Crippen LogP contribution in [0.1, 0.15) is 110 Å². The summed E-state index contributed by atoms with van der Waals surface area (Å²) in [7, 11) is 0. The van der Waals surface area contributed by atoms with Crippen LogP contribution < -0.4 is 11.6 Å². The zero-order valence-corrected chi connectivity index (χ0v) is 16.1. The Hall–Kier alpha value is -0.970. The number of nitrogens with zero attached hydrogens (tertiary/aromatic N) is 2. The van der Waals surface area contributed by atoms with Gasteiger partial charge in [-0.15, -0.1) is 5.11 Å². The first-order valence-electron chi connectivity index (χ1n) is 10.1. The van der Waals surface area contributed by atoms with E-state index in [2.05, 4.69) is 23.0 Å². The molecule has 0 heterocycles. The van der Waals surface area contributed by atoms with Gasteiger partial charge in [-0.1, -0.05) is 103 Å². The summed E-state index contributed by atoms with van der Waals surface area (Å²) < 4.78 is 0. The first-order valence-corrected chi connectivity index (χ1v) is 10.1. The largest absolute Gasteiger partial charge is 0.330 e. The van der Waals surface area contributed by atoms with Crippen molar-refractivity contribution in [2.75, 3.05) is 6.54 Å². The average Bonchev–Trinajstić information content (AvgIpc) is 2.60. The Balaban J connectivity index is 0. The maximum atomic E-state index is 6.00. The molecule has 5 N–H and O–H groups in total. The van der Waals surface area contributed by atoms with Crippen molar-refractivity contribution in [3.05, 3.63) is 0 Å². The van der Waals surface area contributed by atoms with Gasteiger partial charge in [0.1, 0.15) is 0 Å². The molecule has 144 valence electrons. The van der Waals surface area contributed by atoms with Crippen LogP contribution in [0.15, 0.2) is 10.2 Å². The van der Waals surface area contributed by atoms with Crippen LogP contribution in [-0.2, 0) is 0 Å². The van der Waals surface area contributed by atoms with E-state index in [0.717, 1.165) is 12.9 Å². The van der Waals surface area contributed by atoms with Gasteiger partial charge in [-0.05, 0) is 13.0 Å². The van der Waals surface area contributed by atoms with Gasteiger partial charge in [-0.3, -0.25) is 0 Å². The number of rotatable bonds is 17. The van der Waals surface area contributed by atoms with Crippen LogP contribution in [0.25, 0.3) is 0 Å². The molecule has 0 unspecified atom stereocenters. The summed E-state index contributed by atoms with van der Waals surface area (Å²) in [6.45, 7) is 3.16. The lowest BCUT2D eigenvalue weighted by molar-refractivity contribution is 0.530. The number of hydrogen-bond donors (Lipinski definition) is 3. The van der Waals surface area contributed by atoms with Crippen molar-refractivity contribution < 1.29 is 0 Å². The minimum atomic E-state index is 0.873. The average molecular weight is 342 g/mol. The van der Waals surface area contributed by atoms with Crippen molar-refractivity contribution in [2.45, 2.75) is 110 Å². The standard InChI is InChI=1S/C18H39N.CH4N4/c1-2-3-4-5-6-7-8-9-10-11-12-13-14-15-16-17-18-19;2-4-1-5-3/h2-19H2,1H3;1-2H,3H2. The topological polar surface area (TPSA) is 101 Å². The second kappa shape index (κ2) is 26.9.